The molecule has 5 rings (SSSR count). The highest BCUT2D eigenvalue weighted by atomic mass is 16.5. The van der Waals surface area contributed by atoms with E-state index < -0.39 is 23.5 Å². The van der Waals surface area contributed by atoms with Crippen LogP contribution in [0.1, 0.15) is 24.8 Å². The SMILES string of the molecule is O=C(NCCN1CCOCC1)C1N(CCCO)C(=O)[C@@H]2[C@H](C(=O)NCc3ccccc3)[C@@H]3CCC12O3. The molecular weight excluding hydrogens is 464 g/mol. The first-order chi connectivity index (χ1) is 17.5. The number of carbonyl (C=O) groups is 3. The predicted octanol–water partition coefficient (Wildman–Crippen LogP) is -0.492. The second-order valence-corrected chi connectivity index (χ2v) is 10.1. The molecule has 0 radical (unpaired) electrons. The summed E-state index contributed by atoms with van der Waals surface area (Å²) in [6, 6.07) is 8.82. The molecule has 1 spiro atoms. The summed E-state index contributed by atoms with van der Waals surface area (Å²) in [5.74, 6) is -2.00. The lowest BCUT2D eigenvalue weighted by Gasteiger charge is -2.34. The van der Waals surface area contributed by atoms with E-state index in [0.717, 1.165) is 18.7 Å². The van der Waals surface area contributed by atoms with Gasteiger partial charge in [0, 0.05) is 45.9 Å². The number of benzene rings is 1. The van der Waals surface area contributed by atoms with Crippen molar-refractivity contribution in [2.75, 3.05) is 52.5 Å². The largest absolute Gasteiger partial charge is 0.396 e. The van der Waals surface area contributed by atoms with Gasteiger partial charge in [-0.25, -0.2) is 0 Å². The predicted molar refractivity (Wildman–Crippen MR) is 130 cm³/mol. The van der Waals surface area contributed by atoms with Crippen LogP contribution in [-0.4, -0.2) is 103 Å². The fourth-order valence-corrected chi connectivity index (χ4v) is 6.40. The van der Waals surface area contributed by atoms with E-state index in [2.05, 4.69) is 15.5 Å². The molecule has 1 aromatic carbocycles. The molecule has 3 amide bonds. The van der Waals surface area contributed by atoms with E-state index in [-0.39, 0.29) is 37.0 Å². The molecule has 10 nitrogen and oxygen atoms in total. The number of rotatable bonds is 10. The van der Waals surface area contributed by atoms with Crippen LogP contribution in [-0.2, 0) is 30.4 Å². The van der Waals surface area contributed by atoms with Gasteiger partial charge in [0.05, 0.1) is 31.2 Å². The number of nitrogens with one attached hydrogen (secondary N) is 2. The highest BCUT2D eigenvalue weighted by Gasteiger charge is 2.74. The summed E-state index contributed by atoms with van der Waals surface area (Å²) < 4.78 is 11.8. The molecule has 4 fully saturated rings. The molecular formula is C26H36N4O6. The van der Waals surface area contributed by atoms with E-state index in [1.807, 2.05) is 30.3 Å². The second kappa shape index (κ2) is 10.8. The summed E-state index contributed by atoms with van der Waals surface area (Å²) in [5.41, 5.74) is -0.0286. The van der Waals surface area contributed by atoms with E-state index in [4.69, 9.17) is 9.47 Å². The monoisotopic (exact) mass is 500 g/mol. The number of nitrogens with zero attached hydrogens (tertiary/aromatic N) is 2. The zero-order valence-corrected chi connectivity index (χ0v) is 20.6. The van der Waals surface area contributed by atoms with Gasteiger partial charge in [-0.2, -0.15) is 0 Å². The van der Waals surface area contributed by atoms with Crippen molar-refractivity contribution in [2.45, 2.75) is 43.6 Å². The molecule has 4 aliphatic heterocycles. The van der Waals surface area contributed by atoms with Gasteiger partial charge in [0.2, 0.25) is 17.7 Å². The maximum atomic E-state index is 13.7. The fraction of sp³-hybridized carbons (Fsp3) is 0.654. The standard InChI is InChI=1S/C26H36N4O6/c31-14-4-10-30-22(24(33)27-9-11-29-12-15-35-16-13-29)26-8-7-19(36-26)20(21(26)25(30)34)23(32)28-17-18-5-2-1-3-6-18/h1-3,5-6,19-22,31H,4,7-17H2,(H,27,33)(H,28,32)/t19-,20+,21-,22?,26?/m0/s1. The minimum Gasteiger partial charge on any atom is -0.396 e. The first kappa shape index (κ1) is 25.1. The van der Waals surface area contributed by atoms with Crippen molar-refractivity contribution in [3.05, 3.63) is 35.9 Å². The molecule has 4 aliphatic rings. The first-order valence-corrected chi connectivity index (χ1v) is 13.0. The molecule has 36 heavy (non-hydrogen) atoms. The fourth-order valence-electron chi connectivity index (χ4n) is 6.40. The first-order valence-electron chi connectivity index (χ1n) is 13.0. The molecule has 0 aliphatic carbocycles. The lowest BCUT2D eigenvalue weighted by molar-refractivity contribution is -0.142. The summed E-state index contributed by atoms with van der Waals surface area (Å²) in [7, 11) is 0. The third-order valence-electron chi connectivity index (χ3n) is 8.05. The summed E-state index contributed by atoms with van der Waals surface area (Å²) >= 11 is 0. The zero-order chi connectivity index (χ0) is 25.1. The normalized spacial score (nSPS) is 31.5. The molecule has 2 unspecified atom stereocenters. The van der Waals surface area contributed by atoms with E-state index in [9.17, 15) is 19.5 Å². The highest BCUT2D eigenvalue weighted by molar-refractivity contribution is 5.98. The minimum absolute atomic E-state index is 0.0860. The van der Waals surface area contributed by atoms with Crippen molar-refractivity contribution in [1.82, 2.24) is 20.4 Å². The van der Waals surface area contributed by atoms with Gasteiger partial charge in [-0.05, 0) is 24.8 Å². The average molecular weight is 501 g/mol. The average Bonchev–Trinajstić information content (AvgIpc) is 3.54. The number of likely N-dealkylation sites (tertiary alicyclic amines) is 1. The molecule has 0 saturated carbocycles. The van der Waals surface area contributed by atoms with Gasteiger partial charge in [0.1, 0.15) is 11.6 Å². The third-order valence-corrected chi connectivity index (χ3v) is 8.05. The Morgan fingerprint density at radius 2 is 1.86 bits per heavy atom. The topological polar surface area (TPSA) is 120 Å². The van der Waals surface area contributed by atoms with E-state index >= 15 is 0 Å². The van der Waals surface area contributed by atoms with Gasteiger partial charge < -0.3 is 30.1 Å². The van der Waals surface area contributed by atoms with Crippen LogP contribution in [0.5, 0.6) is 0 Å². The van der Waals surface area contributed by atoms with Gasteiger partial charge >= 0.3 is 0 Å². The Hall–Kier alpha value is -2.53. The van der Waals surface area contributed by atoms with E-state index in [1.165, 1.54) is 0 Å². The van der Waals surface area contributed by atoms with Crippen LogP contribution in [0.15, 0.2) is 30.3 Å². The van der Waals surface area contributed by atoms with Gasteiger partial charge in [-0.1, -0.05) is 30.3 Å². The number of carbonyl (C=O) groups excluding carboxylic acids is 3. The number of aliphatic hydroxyl groups excluding tert-OH is 1. The number of aliphatic hydroxyl groups is 1. The Labute approximate surface area is 211 Å². The Kier molecular flexibility index (Phi) is 7.57. The number of amides is 3. The van der Waals surface area contributed by atoms with Crippen molar-refractivity contribution < 1.29 is 29.0 Å². The Balaban J connectivity index is 1.30. The summed E-state index contributed by atoms with van der Waals surface area (Å²) in [5, 5.41) is 15.4. The lowest BCUT2D eigenvalue weighted by Crippen LogP contribution is -2.56. The maximum absolute atomic E-state index is 13.7. The molecule has 10 heteroatoms. The van der Waals surface area contributed by atoms with Crippen LogP contribution >= 0.6 is 0 Å². The van der Waals surface area contributed by atoms with Crippen LogP contribution in [0.25, 0.3) is 0 Å². The van der Waals surface area contributed by atoms with E-state index in [1.54, 1.807) is 4.90 Å². The molecule has 4 saturated heterocycles. The Morgan fingerprint density at radius 3 is 2.61 bits per heavy atom. The maximum Gasteiger partial charge on any atom is 0.245 e. The quantitative estimate of drug-likeness (QED) is 0.397. The summed E-state index contributed by atoms with van der Waals surface area (Å²) in [6.45, 7) is 4.74. The smallest absolute Gasteiger partial charge is 0.245 e. The van der Waals surface area contributed by atoms with Crippen molar-refractivity contribution in [3.8, 4) is 0 Å². The molecule has 196 valence electrons. The van der Waals surface area contributed by atoms with Crippen LogP contribution in [0.3, 0.4) is 0 Å². The van der Waals surface area contributed by atoms with Crippen molar-refractivity contribution >= 4 is 17.7 Å². The van der Waals surface area contributed by atoms with Gasteiger partial charge in [-0.3, -0.25) is 19.3 Å². The number of ether oxygens (including phenoxy) is 2. The number of hydrogen-bond acceptors (Lipinski definition) is 7. The van der Waals surface area contributed by atoms with Gasteiger partial charge in [0.15, 0.2) is 0 Å². The third kappa shape index (κ3) is 4.63. The van der Waals surface area contributed by atoms with Crippen molar-refractivity contribution in [1.29, 1.82) is 0 Å². The summed E-state index contributed by atoms with van der Waals surface area (Å²) in [6.07, 6.45) is 1.19. The molecule has 5 atom stereocenters. The lowest BCUT2D eigenvalue weighted by atomic mass is 9.70. The molecule has 3 N–H and O–H groups in total. The second-order valence-electron chi connectivity index (χ2n) is 10.1. The number of hydrogen-bond donors (Lipinski definition) is 3. The van der Waals surface area contributed by atoms with Gasteiger partial charge in [0.25, 0.3) is 0 Å². The molecule has 4 heterocycles. The highest BCUT2D eigenvalue weighted by Crippen LogP contribution is 2.58. The van der Waals surface area contributed by atoms with Gasteiger partial charge in [-0.15, -0.1) is 0 Å². The number of fused-ring (bicyclic) bond motifs is 1. The Morgan fingerprint density at radius 1 is 1.08 bits per heavy atom. The van der Waals surface area contributed by atoms with Crippen LogP contribution in [0.4, 0.5) is 0 Å². The molecule has 0 aromatic heterocycles. The summed E-state index contributed by atoms with van der Waals surface area (Å²) in [4.78, 5) is 44.3. The van der Waals surface area contributed by atoms with Crippen LogP contribution < -0.4 is 10.6 Å². The number of morpholine rings is 1. The van der Waals surface area contributed by atoms with Crippen LogP contribution in [0, 0.1) is 11.8 Å². The van der Waals surface area contributed by atoms with Crippen molar-refractivity contribution in [3.63, 3.8) is 0 Å². The molecule has 2 bridgehead atoms. The zero-order valence-electron chi connectivity index (χ0n) is 20.6. The van der Waals surface area contributed by atoms with Crippen LogP contribution in [0.2, 0.25) is 0 Å². The Bertz CT molecular complexity index is 955. The molecule has 1 aromatic rings. The van der Waals surface area contributed by atoms with Crippen molar-refractivity contribution in [2.24, 2.45) is 11.8 Å². The minimum atomic E-state index is -1.00. The van der Waals surface area contributed by atoms with E-state index in [0.29, 0.717) is 52.1 Å².